The molecule has 0 radical (unpaired) electrons. The molecule has 2 aromatic rings. The van der Waals surface area contributed by atoms with E-state index < -0.39 is 0 Å². The Morgan fingerprint density at radius 1 is 1.18 bits per heavy atom. The number of pyridine rings is 1. The standard InChI is InChI=1S/C28H36ClN5O.C4H9N/c1-4-5-9-26(35-3)32-28(34-17-21-10-11-22(18-34)31-21)23-12-13-33(16-19(23)2)25-15-30-14-20-7-6-8-24(29)27(20)25;1-2-4-5-3-1/h6-9,14-15,21-22,31H,4-5,10-13,16-18H2,1-3H3;5H,1-4H2/b26-9-,32-28+;. The molecule has 6 rings (SSSR count). The third-order valence-corrected chi connectivity index (χ3v) is 8.72. The lowest BCUT2D eigenvalue weighted by molar-refractivity contribution is 0.272. The minimum absolute atomic E-state index is 0.550. The topological polar surface area (TPSA) is 65.0 Å². The molecule has 2 bridgehead atoms. The number of methoxy groups -OCH3 is 1. The summed E-state index contributed by atoms with van der Waals surface area (Å²) in [6.07, 6.45) is 14.2. The van der Waals surface area contributed by atoms with Crippen molar-refractivity contribution in [3.05, 3.63) is 58.7 Å². The van der Waals surface area contributed by atoms with E-state index in [1.54, 1.807) is 7.11 Å². The van der Waals surface area contributed by atoms with Crippen LogP contribution in [0.5, 0.6) is 0 Å². The Kier molecular flexibility index (Phi) is 10.00. The molecule has 0 aliphatic carbocycles. The van der Waals surface area contributed by atoms with E-state index >= 15 is 0 Å². The molecule has 0 spiro atoms. The lowest BCUT2D eigenvalue weighted by Gasteiger charge is -2.39. The van der Waals surface area contributed by atoms with Crippen LogP contribution in [0.2, 0.25) is 5.02 Å². The summed E-state index contributed by atoms with van der Waals surface area (Å²) in [4.78, 5) is 14.5. The third kappa shape index (κ3) is 6.81. The first kappa shape index (κ1) is 28.9. The lowest BCUT2D eigenvalue weighted by Crippen LogP contribution is -2.54. The van der Waals surface area contributed by atoms with E-state index in [-0.39, 0.29) is 0 Å². The average molecular weight is 565 g/mol. The van der Waals surface area contributed by atoms with Crippen LogP contribution in [-0.4, -0.2) is 74.2 Å². The Balaban J connectivity index is 0.000000582. The number of likely N-dealkylation sites (tertiary alicyclic amines) is 1. The van der Waals surface area contributed by atoms with Crippen molar-refractivity contribution in [1.82, 2.24) is 20.5 Å². The highest BCUT2D eigenvalue weighted by molar-refractivity contribution is 6.36. The number of ether oxygens (including phenoxy) is 1. The second-order valence-corrected chi connectivity index (χ2v) is 11.8. The molecule has 3 saturated heterocycles. The molecule has 1 aromatic heterocycles. The van der Waals surface area contributed by atoms with E-state index in [4.69, 9.17) is 21.3 Å². The highest BCUT2D eigenvalue weighted by Gasteiger charge is 2.35. The van der Waals surface area contributed by atoms with Crippen molar-refractivity contribution < 1.29 is 4.74 Å². The first-order valence-corrected chi connectivity index (χ1v) is 15.5. The molecule has 3 fully saturated rings. The molecular formula is C32H45ClN6O. The molecule has 0 amide bonds. The van der Waals surface area contributed by atoms with Gasteiger partial charge in [0, 0.05) is 55.2 Å². The molecular weight excluding hydrogens is 520 g/mol. The van der Waals surface area contributed by atoms with Gasteiger partial charge in [0.05, 0.1) is 24.0 Å². The number of halogens is 1. The second-order valence-electron chi connectivity index (χ2n) is 11.4. The number of aromatic nitrogens is 1. The normalized spacial score (nSPS) is 23.5. The van der Waals surface area contributed by atoms with Crippen molar-refractivity contribution in [1.29, 1.82) is 0 Å². The third-order valence-electron chi connectivity index (χ3n) is 8.40. The number of benzene rings is 1. The number of allylic oxidation sites excluding steroid dienone is 1. The zero-order valence-electron chi connectivity index (χ0n) is 24.4. The molecule has 4 aliphatic rings. The Hall–Kier alpha value is -2.61. The van der Waals surface area contributed by atoms with Gasteiger partial charge in [-0.2, -0.15) is 4.99 Å². The van der Waals surface area contributed by atoms with E-state index in [0.717, 1.165) is 78.6 Å². The minimum atomic E-state index is 0.550. The molecule has 0 saturated carbocycles. The van der Waals surface area contributed by atoms with Crippen LogP contribution < -0.4 is 15.5 Å². The van der Waals surface area contributed by atoms with Gasteiger partial charge < -0.3 is 25.2 Å². The predicted octanol–water partition coefficient (Wildman–Crippen LogP) is 5.91. The summed E-state index contributed by atoms with van der Waals surface area (Å²) < 4.78 is 5.70. The number of hydrogen-bond donors (Lipinski definition) is 2. The summed E-state index contributed by atoms with van der Waals surface area (Å²) in [5, 5.41) is 9.91. The number of fused-ring (bicyclic) bond motifs is 3. The van der Waals surface area contributed by atoms with Gasteiger partial charge in [0.2, 0.25) is 5.88 Å². The fourth-order valence-electron chi connectivity index (χ4n) is 6.31. The number of piperazine rings is 1. The quantitative estimate of drug-likeness (QED) is 0.258. The van der Waals surface area contributed by atoms with E-state index in [1.165, 1.54) is 49.9 Å². The fourth-order valence-corrected chi connectivity index (χ4v) is 6.59. The van der Waals surface area contributed by atoms with Crippen LogP contribution in [0.25, 0.3) is 10.8 Å². The molecule has 40 heavy (non-hydrogen) atoms. The minimum Gasteiger partial charge on any atom is -0.481 e. The zero-order valence-corrected chi connectivity index (χ0v) is 25.1. The SMILES string of the molecule is C1CCNC1.CCC/C=C(/N=C(\C1=C(C)CN(c2cncc3cccc(Cl)c23)CC1)N1CC2CCC(C1)N2)OC. The Morgan fingerprint density at radius 2 is 1.95 bits per heavy atom. The summed E-state index contributed by atoms with van der Waals surface area (Å²) in [5.41, 5.74) is 3.79. The molecule has 216 valence electrons. The van der Waals surface area contributed by atoms with E-state index in [0.29, 0.717) is 12.1 Å². The van der Waals surface area contributed by atoms with Crippen LogP contribution in [0, 0.1) is 0 Å². The maximum absolute atomic E-state index is 6.63. The van der Waals surface area contributed by atoms with Gasteiger partial charge in [0.1, 0.15) is 5.84 Å². The second kappa shape index (κ2) is 13.8. The van der Waals surface area contributed by atoms with Gasteiger partial charge in [-0.1, -0.05) is 37.1 Å². The van der Waals surface area contributed by atoms with Crippen molar-refractivity contribution in [3.8, 4) is 0 Å². The largest absolute Gasteiger partial charge is 0.481 e. The number of hydrogen-bond acceptors (Lipinski definition) is 6. The number of rotatable bonds is 6. The van der Waals surface area contributed by atoms with Gasteiger partial charge in [0.15, 0.2) is 0 Å². The summed E-state index contributed by atoms with van der Waals surface area (Å²) in [6.45, 7) is 10.7. The number of anilines is 1. The van der Waals surface area contributed by atoms with Crippen LogP contribution in [0.1, 0.15) is 58.8 Å². The highest BCUT2D eigenvalue weighted by Crippen LogP contribution is 2.35. The van der Waals surface area contributed by atoms with Crippen molar-refractivity contribution in [3.63, 3.8) is 0 Å². The maximum Gasteiger partial charge on any atom is 0.210 e. The van der Waals surface area contributed by atoms with E-state index in [9.17, 15) is 0 Å². The van der Waals surface area contributed by atoms with Gasteiger partial charge in [0.25, 0.3) is 0 Å². The molecule has 4 aliphatic heterocycles. The molecule has 8 heteroatoms. The Bertz CT molecular complexity index is 1230. The number of nitrogens with one attached hydrogen (secondary N) is 2. The maximum atomic E-state index is 6.63. The Morgan fingerprint density at radius 3 is 2.60 bits per heavy atom. The van der Waals surface area contributed by atoms with Crippen LogP contribution in [0.4, 0.5) is 5.69 Å². The summed E-state index contributed by atoms with van der Waals surface area (Å²) in [7, 11) is 1.73. The first-order valence-electron chi connectivity index (χ1n) is 15.1. The predicted molar refractivity (Wildman–Crippen MR) is 167 cm³/mol. The smallest absolute Gasteiger partial charge is 0.210 e. The van der Waals surface area contributed by atoms with Crippen molar-refractivity contribution in [2.24, 2.45) is 4.99 Å². The fraction of sp³-hybridized carbons (Fsp3) is 0.562. The summed E-state index contributed by atoms with van der Waals surface area (Å²) in [5.74, 6) is 1.82. The monoisotopic (exact) mass is 564 g/mol. The first-order chi connectivity index (χ1) is 19.6. The van der Waals surface area contributed by atoms with Crippen molar-refractivity contribution in [2.45, 2.75) is 70.9 Å². The zero-order chi connectivity index (χ0) is 27.9. The van der Waals surface area contributed by atoms with Crippen LogP contribution in [0.15, 0.2) is 58.7 Å². The van der Waals surface area contributed by atoms with Gasteiger partial charge >= 0.3 is 0 Å². The van der Waals surface area contributed by atoms with Gasteiger partial charge in [-0.25, -0.2) is 0 Å². The van der Waals surface area contributed by atoms with E-state index in [1.807, 2.05) is 24.5 Å². The molecule has 2 unspecified atom stereocenters. The van der Waals surface area contributed by atoms with Gasteiger partial charge in [-0.05, 0) is 81.8 Å². The highest BCUT2D eigenvalue weighted by atomic mass is 35.5. The average Bonchev–Trinajstić information content (AvgIpc) is 3.67. The molecule has 1 aromatic carbocycles. The van der Waals surface area contributed by atoms with Gasteiger partial charge in [-0.3, -0.25) is 4.98 Å². The molecule has 5 heterocycles. The van der Waals surface area contributed by atoms with Gasteiger partial charge in [-0.15, -0.1) is 0 Å². The molecule has 2 atom stereocenters. The van der Waals surface area contributed by atoms with Crippen LogP contribution >= 0.6 is 11.6 Å². The summed E-state index contributed by atoms with van der Waals surface area (Å²) in [6, 6.07) is 7.13. The Labute approximate surface area is 244 Å². The lowest BCUT2D eigenvalue weighted by atomic mass is 9.97. The number of unbranched alkanes of at least 4 members (excludes halogenated alkanes) is 1. The van der Waals surface area contributed by atoms with Crippen LogP contribution in [0.3, 0.4) is 0 Å². The number of nitrogens with zero attached hydrogens (tertiary/aromatic N) is 4. The van der Waals surface area contributed by atoms with Crippen molar-refractivity contribution >= 4 is 33.9 Å². The van der Waals surface area contributed by atoms with E-state index in [2.05, 4.69) is 51.4 Å². The molecule has 2 N–H and O–H groups in total. The number of aliphatic imine (C=N–C) groups is 1. The van der Waals surface area contributed by atoms with Crippen molar-refractivity contribution in [2.75, 3.05) is 51.3 Å². The van der Waals surface area contributed by atoms with Crippen LogP contribution in [-0.2, 0) is 4.74 Å². The number of amidine groups is 1. The summed E-state index contributed by atoms with van der Waals surface area (Å²) >= 11 is 6.63. The molecule has 7 nitrogen and oxygen atoms in total.